The van der Waals surface area contributed by atoms with E-state index in [1.807, 2.05) is 30.3 Å². The number of cyclic esters (lactones) is 1. The van der Waals surface area contributed by atoms with Crippen molar-refractivity contribution < 1.29 is 14.3 Å². The van der Waals surface area contributed by atoms with Crippen LogP contribution in [0.15, 0.2) is 30.3 Å². The van der Waals surface area contributed by atoms with Crippen LogP contribution in [0, 0.1) is 5.41 Å². The first kappa shape index (κ1) is 13.6. The number of hydrogen-bond donors (Lipinski definition) is 0. The summed E-state index contributed by atoms with van der Waals surface area (Å²) in [6.45, 7) is 5.69. The maximum absolute atomic E-state index is 12.3. The van der Waals surface area contributed by atoms with E-state index in [-0.39, 0.29) is 18.6 Å². The highest BCUT2D eigenvalue weighted by molar-refractivity contribution is 5.96. The van der Waals surface area contributed by atoms with Crippen LogP contribution in [0.4, 0.5) is 4.79 Å². The molecule has 2 rings (SSSR count). The predicted molar refractivity (Wildman–Crippen MR) is 71.6 cm³/mol. The molecule has 0 saturated carbocycles. The smallest absolute Gasteiger partial charge is 0.417 e. The van der Waals surface area contributed by atoms with Crippen molar-refractivity contribution in [3.63, 3.8) is 0 Å². The van der Waals surface area contributed by atoms with Gasteiger partial charge in [-0.2, -0.15) is 0 Å². The molecule has 0 unspecified atom stereocenters. The minimum atomic E-state index is -0.585. The van der Waals surface area contributed by atoms with Gasteiger partial charge in [0.1, 0.15) is 6.61 Å². The van der Waals surface area contributed by atoms with Crippen LogP contribution in [-0.2, 0) is 16.0 Å². The van der Waals surface area contributed by atoms with Crippen LogP contribution in [0.3, 0.4) is 0 Å². The molecule has 1 aromatic rings. The van der Waals surface area contributed by atoms with E-state index in [0.29, 0.717) is 6.42 Å². The van der Waals surface area contributed by atoms with Gasteiger partial charge in [-0.25, -0.2) is 9.69 Å². The standard InChI is InChI=1S/C15H19NO3/c1-15(2,3)13(17)16-12(10-19-14(16)18)9-11-7-5-4-6-8-11/h4-8,12H,9-10H2,1-3H3/t12-/m0/s1. The Morgan fingerprint density at radius 3 is 2.53 bits per heavy atom. The van der Waals surface area contributed by atoms with E-state index in [0.717, 1.165) is 5.56 Å². The van der Waals surface area contributed by atoms with Crippen molar-refractivity contribution >= 4 is 12.0 Å². The summed E-state index contributed by atoms with van der Waals surface area (Å²) in [4.78, 5) is 25.3. The van der Waals surface area contributed by atoms with Crippen molar-refractivity contribution in [2.45, 2.75) is 33.2 Å². The number of hydrogen-bond acceptors (Lipinski definition) is 3. The monoisotopic (exact) mass is 261 g/mol. The fraction of sp³-hybridized carbons (Fsp3) is 0.467. The lowest BCUT2D eigenvalue weighted by Crippen LogP contribution is -2.45. The summed E-state index contributed by atoms with van der Waals surface area (Å²) in [5.41, 5.74) is 0.510. The largest absolute Gasteiger partial charge is 0.447 e. The summed E-state index contributed by atoms with van der Waals surface area (Å²) >= 11 is 0. The van der Waals surface area contributed by atoms with Crippen molar-refractivity contribution in [2.75, 3.05) is 6.61 Å². The molecule has 1 atom stereocenters. The lowest BCUT2D eigenvalue weighted by Gasteiger charge is -2.26. The molecular weight excluding hydrogens is 242 g/mol. The van der Waals surface area contributed by atoms with Gasteiger partial charge >= 0.3 is 6.09 Å². The first-order chi connectivity index (χ1) is 8.89. The third-order valence-corrected chi connectivity index (χ3v) is 3.14. The summed E-state index contributed by atoms with van der Waals surface area (Å²) in [7, 11) is 0. The van der Waals surface area contributed by atoms with E-state index in [9.17, 15) is 9.59 Å². The quantitative estimate of drug-likeness (QED) is 0.822. The minimum Gasteiger partial charge on any atom is -0.447 e. The van der Waals surface area contributed by atoms with Gasteiger partial charge in [0.15, 0.2) is 0 Å². The van der Waals surface area contributed by atoms with Gasteiger partial charge in [-0.15, -0.1) is 0 Å². The zero-order valence-corrected chi connectivity index (χ0v) is 11.6. The van der Waals surface area contributed by atoms with E-state index in [4.69, 9.17) is 4.74 Å². The van der Waals surface area contributed by atoms with Crippen molar-refractivity contribution in [3.05, 3.63) is 35.9 Å². The average molecular weight is 261 g/mol. The average Bonchev–Trinajstić information content (AvgIpc) is 2.70. The number of benzene rings is 1. The van der Waals surface area contributed by atoms with Crippen LogP contribution in [0.2, 0.25) is 0 Å². The van der Waals surface area contributed by atoms with E-state index in [1.165, 1.54) is 4.90 Å². The molecule has 2 amide bonds. The van der Waals surface area contributed by atoms with Gasteiger partial charge in [0.2, 0.25) is 5.91 Å². The first-order valence-electron chi connectivity index (χ1n) is 6.44. The molecule has 0 radical (unpaired) electrons. The Hall–Kier alpha value is -1.84. The van der Waals surface area contributed by atoms with Crippen LogP contribution in [-0.4, -0.2) is 29.5 Å². The summed E-state index contributed by atoms with van der Waals surface area (Å²) in [6.07, 6.45) is 0.106. The number of carbonyl (C=O) groups is 2. The molecule has 1 saturated heterocycles. The number of imide groups is 1. The molecule has 0 aliphatic carbocycles. The Labute approximate surface area is 113 Å². The van der Waals surface area contributed by atoms with Crippen molar-refractivity contribution in [1.82, 2.24) is 4.90 Å². The summed E-state index contributed by atoms with van der Waals surface area (Å²) in [5.74, 6) is -0.184. The molecule has 0 aromatic heterocycles. The highest BCUT2D eigenvalue weighted by atomic mass is 16.6. The molecule has 0 bridgehead atoms. The third kappa shape index (κ3) is 2.95. The highest BCUT2D eigenvalue weighted by Gasteiger charge is 2.42. The van der Waals surface area contributed by atoms with Gasteiger partial charge in [0.25, 0.3) is 0 Å². The van der Waals surface area contributed by atoms with E-state index in [1.54, 1.807) is 20.8 Å². The molecule has 19 heavy (non-hydrogen) atoms. The SMILES string of the molecule is CC(C)(C)C(=O)N1C(=O)OC[C@@H]1Cc1ccccc1. The van der Waals surface area contributed by atoms with Crippen LogP contribution < -0.4 is 0 Å². The molecular formula is C15H19NO3. The first-order valence-corrected chi connectivity index (χ1v) is 6.44. The van der Waals surface area contributed by atoms with Crippen LogP contribution in [0.25, 0.3) is 0 Å². The Balaban J connectivity index is 2.16. The maximum Gasteiger partial charge on any atom is 0.417 e. The number of nitrogens with zero attached hydrogens (tertiary/aromatic N) is 1. The number of rotatable bonds is 2. The zero-order chi connectivity index (χ0) is 14.0. The molecule has 1 aliphatic rings. The second-order valence-corrected chi connectivity index (χ2v) is 5.85. The molecule has 0 N–H and O–H groups in total. The predicted octanol–water partition coefficient (Wildman–Crippen LogP) is 2.62. The summed E-state index contributed by atoms with van der Waals surface area (Å²) in [5, 5.41) is 0. The van der Waals surface area contributed by atoms with Crippen LogP contribution >= 0.6 is 0 Å². The van der Waals surface area contributed by atoms with Gasteiger partial charge in [0, 0.05) is 5.41 Å². The molecule has 1 aliphatic heterocycles. The lowest BCUT2D eigenvalue weighted by molar-refractivity contribution is -0.137. The lowest BCUT2D eigenvalue weighted by atomic mass is 9.93. The topological polar surface area (TPSA) is 46.6 Å². The number of amides is 2. The molecule has 1 aromatic carbocycles. The minimum absolute atomic E-state index is 0.184. The molecule has 4 nitrogen and oxygen atoms in total. The molecule has 1 fully saturated rings. The zero-order valence-electron chi connectivity index (χ0n) is 11.6. The fourth-order valence-corrected chi connectivity index (χ4v) is 2.11. The third-order valence-electron chi connectivity index (χ3n) is 3.14. The van der Waals surface area contributed by atoms with Crippen LogP contribution in [0.5, 0.6) is 0 Å². The second kappa shape index (κ2) is 5.03. The molecule has 1 heterocycles. The van der Waals surface area contributed by atoms with E-state index < -0.39 is 11.5 Å². The van der Waals surface area contributed by atoms with Gasteiger partial charge in [-0.1, -0.05) is 51.1 Å². The Bertz CT molecular complexity index is 476. The maximum atomic E-state index is 12.3. The second-order valence-electron chi connectivity index (χ2n) is 5.85. The molecule has 102 valence electrons. The number of carbonyl (C=O) groups excluding carboxylic acids is 2. The van der Waals surface area contributed by atoms with Crippen molar-refractivity contribution in [3.8, 4) is 0 Å². The van der Waals surface area contributed by atoms with Gasteiger partial charge in [-0.05, 0) is 12.0 Å². The molecule has 0 spiro atoms. The van der Waals surface area contributed by atoms with Gasteiger partial charge in [0.05, 0.1) is 6.04 Å². The van der Waals surface area contributed by atoms with E-state index in [2.05, 4.69) is 0 Å². The normalized spacial score (nSPS) is 19.4. The summed E-state index contributed by atoms with van der Waals surface area (Å²) < 4.78 is 5.03. The van der Waals surface area contributed by atoms with E-state index >= 15 is 0 Å². The highest BCUT2D eigenvalue weighted by Crippen LogP contribution is 2.25. The number of ether oxygens (including phenoxy) is 1. The Morgan fingerprint density at radius 2 is 1.95 bits per heavy atom. The Kier molecular flexibility index (Phi) is 3.60. The fourth-order valence-electron chi connectivity index (χ4n) is 2.11. The molecule has 4 heteroatoms. The van der Waals surface area contributed by atoms with Crippen LogP contribution in [0.1, 0.15) is 26.3 Å². The van der Waals surface area contributed by atoms with Crippen molar-refractivity contribution in [2.24, 2.45) is 5.41 Å². The van der Waals surface area contributed by atoms with Gasteiger partial charge < -0.3 is 4.74 Å². The summed E-state index contributed by atoms with van der Waals surface area (Å²) in [6, 6.07) is 9.61. The Morgan fingerprint density at radius 1 is 1.32 bits per heavy atom. The van der Waals surface area contributed by atoms with Crippen molar-refractivity contribution in [1.29, 1.82) is 0 Å². The van der Waals surface area contributed by atoms with Gasteiger partial charge in [-0.3, -0.25) is 4.79 Å².